The molecule has 7 heteroatoms. The highest BCUT2D eigenvalue weighted by Crippen LogP contribution is 2.20. The molecule has 3 N–H and O–H groups in total. The molecular weight excluding hydrogens is 380 g/mol. The van der Waals surface area contributed by atoms with Crippen LogP contribution in [0.5, 0.6) is 0 Å². The van der Waals surface area contributed by atoms with Gasteiger partial charge in [-0.15, -0.1) is 0 Å². The molecule has 7 nitrogen and oxygen atoms in total. The van der Waals surface area contributed by atoms with Crippen molar-refractivity contribution in [3.05, 3.63) is 89.2 Å². The molecular formula is C23H24N4O3. The van der Waals surface area contributed by atoms with Crippen molar-refractivity contribution in [2.45, 2.75) is 20.3 Å². The molecule has 0 saturated heterocycles. The lowest BCUT2D eigenvalue weighted by Gasteiger charge is -2.10. The van der Waals surface area contributed by atoms with Gasteiger partial charge in [0.15, 0.2) is 0 Å². The molecule has 3 rings (SSSR count). The van der Waals surface area contributed by atoms with Crippen molar-refractivity contribution in [3.63, 3.8) is 0 Å². The van der Waals surface area contributed by atoms with Crippen LogP contribution in [-0.4, -0.2) is 28.8 Å². The third kappa shape index (κ3) is 4.94. The number of carbonyl (C=O) groups is 3. The summed E-state index contributed by atoms with van der Waals surface area (Å²) in [6.45, 7) is 3.94. The van der Waals surface area contributed by atoms with Gasteiger partial charge in [-0.05, 0) is 44.2 Å². The van der Waals surface area contributed by atoms with Crippen LogP contribution in [0.4, 0.5) is 0 Å². The molecule has 0 aliphatic rings. The maximum Gasteiger partial charge on any atom is 0.271 e. The highest BCUT2D eigenvalue weighted by atomic mass is 16.2. The van der Waals surface area contributed by atoms with Gasteiger partial charge in [-0.2, -0.15) is 0 Å². The Morgan fingerprint density at radius 2 is 1.47 bits per heavy atom. The predicted molar refractivity (Wildman–Crippen MR) is 114 cm³/mol. The average Bonchev–Trinajstić information content (AvgIpc) is 3.07. The third-order valence-corrected chi connectivity index (χ3v) is 4.68. The van der Waals surface area contributed by atoms with Gasteiger partial charge in [-0.3, -0.25) is 25.2 Å². The molecule has 0 radical (unpaired) electrons. The highest BCUT2D eigenvalue weighted by Gasteiger charge is 2.17. The number of rotatable bonds is 6. The van der Waals surface area contributed by atoms with Crippen LogP contribution in [0.15, 0.2) is 66.7 Å². The lowest BCUT2D eigenvalue weighted by atomic mass is 10.2. The Bertz CT molecular complexity index is 1040. The minimum absolute atomic E-state index is 0.0435. The fourth-order valence-electron chi connectivity index (χ4n) is 3.20. The van der Waals surface area contributed by atoms with Gasteiger partial charge in [-0.1, -0.05) is 36.4 Å². The summed E-state index contributed by atoms with van der Waals surface area (Å²) in [6.07, 6.45) is 0.0435. The van der Waals surface area contributed by atoms with Crippen LogP contribution in [0.25, 0.3) is 5.69 Å². The predicted octanol–water partition coefficient (Wildman–Crippen LogP) is 2.68. The Labute approximate surface area is 175 Å². The fourth-order valence-corrected chi connectivity index (χ4v) is 3.20. The Kier molecular flexibility index (Phi) is 6.64. The Morgan fingerprint density at radius 1 is 0.833 bits per heavy atom. The van der Waals surface area contributed by atoms with E-state index in [9.17, 15) is 14.4 Å². The number of para-hydroxylation sites is 1. The van der Waals surface area contributed by atoms with Crippen LogP contribution in [0, 0.1) is 13.8 Å². The molecule has 0 unspecified atom stereocenters. The van der Waals surface area contributed by atoms with Crippen molar-refractivity contribution in [2.75, 3.05) is 6.54 Å². The molecule has 3 aromatic rings. The highest BCUT2D eigenvalue weighted by molar-refractivity contribution is 5.97. The van der Waals surface area contributed by atoms with Gasteiger partial charge >= 0.3 is 0 Å². The zero-order chi connectivity index (χ0) is 21.5. The van der Waals surface area contributed by atoms with E-state index in [1.54, 1.807) is 30.3 Å². The summed E-state index contributed by atoms with van der Waals surface area (Å²) in [7, 11) is 0. The molecule has 0 fully saturated rings. The molecule has 1 heterocycles. The molecule has 0 bridgehead atoms. The summed E-state index contributed by atoms with van der Waals surface area (Å²) >= 11 is 0. The number of hydrogen-bond acceptors (Lipinski definition) is 3. The molecule has 154 valence electrons. The number of benzene rings is 2. The van der Waals surface area contributed by atoms with Crippen LogP contribution in [-0.2, 0) is 4.79 Å². The number of amides is 3. The van der Waals surface area contributed by atoms with Gasteiger partial charge in [0.2, 0.25) is 5.91 Å². The van der Waals surface area contributed by atoms with E-state index in [4.69, 9.17) is 0 Å². The van der Waals surface area contributed by atoms with Gasteiger partial charge in [0.1, 0.15) is 0 Å². The van der Waals surface area contributed by atoms with E-state index in [1.165, 1.54) is 0 Å². The molecule has 30 heavy (non-hydrogen) atoms. The number of nitrogens with one attached hydrogen (secondary N) is 3. The topological polar surface area (TPSA) is 92.2 Å². The minimum atomic E-state index is -0.396. The van der Waals surface area contributed by atoms with E-state index in [2.05, 4.69) is 16.2 Å². The van der Waals surface area contributed by atoms with Crippen molar-refractivity contribution in [2.24, 2.45) is 0 Å². The number of nitrogens with zero attached hydrogens (tertiary/aromatic N) is 1. The third-order valence-electron chi connectivity index (χ3n) is 4.68. The first-order valence-electron chi connectivity index (χ1n) is 9.64. The van der Waals surface area contributed by atoms with Gasteiger partial charge in [0.05, 0.1) is 5.56 Å². The maximum atomic E-state index is 12.5. The molecule has 0 atom stereocenters. The fraction of sp³-hybridized carbons (Fsp3) is 0.174. The van der Waals surface area contributed by atoms with Gasteiger partial charge in [-0.25, -0.2) is 0 Å². The van der Waals surface area contributed by atoms with Crippen molar-refractivity contribution >= 4 is 17.7 Å². The van der Waals surface area contributed by atoms with Crippen molar-refractivity contribution in [3.8, 4) is 5.69 Å². The molecule has 2 aromatic carbocycles. The minimum Gasteiger partial charge on any atom is -0.352 e. The van der Waals surface area contributed by atoms with Crippen LogP contribution in [0.1, 0.15) is 38.5 Å². The second kappa shape index (κ2) is 9.56. The van der Waals surface area contributed by atoms with Crippen molar-refractivity contribution < 1.29 is 14.4 Å². The van der Waals surface area contributed by atoms with Crippen LogP contribution in [0.3, 0.4) is 0 Å². The second-order valence-electron chi connectivity index (χ2n) is 6.83. The maximum absolute atomic E-state index is 12.5. The van der Waals surface area contributed by atoms with E-state index < -0.39 is 11.8 Å². The second-order valence-corrected chi connectivity index (χ2v) is 6.83. The van der Waals surface area contributed by atoms with Crippen molar-refractivity contribution in [1.82, 2.24) is 20.7 Å². The largest absolute Gasteiger partial charge is 0.352 e. The first-order chi connectivity index (χ1) is 14.5. The van der Waals surface area contributed by atoms with E-state index in [0.717, 1.165) is 17.1 Å². The standard InChI is InChI=1S/C23H24N4O3/c1-16-15-20(17(2)27(16)19-11-7-4-8-12-19)23(30)26-25-21(28)13-14-24-22(29)18-9-5-3-6-10-18/h3-12,15H,13-14H2,1-2H3,(H,24,29)(H,25,28)(H,26,30). The average molecular weight is 404 g/mol. The van der Waals surface area contributed by atoms with E-state index in [0.29, 0.717) is 11.1 Å². The summed E-state index contributed by atoms with van der Waals surface area (Å²) in [6, 6.07) is 20.3. The summed E-state index contributed by atoms with van der Waals surface area (Å²) < 4.78 is 1.98. The first-order valence-corrected chi connectivity index (χ1v) is 9.64. The summed E-state index contributed by atoms with van der Waals surface area (Å²) in [5.41, 5.74) is 8.49. The van der Waals surface area contributed by atoms with E-state index in [1.807, 2.05) is 54.8 Å². The van der Waals surface area contributed by atoms with Crippen LogP contribution >= 0.6 is 0 Å². The normalized spacial score (nSPS) is 10.3. The Hall–Kier alpha value is -3.87. The molecule has 0 aliphatic heterocycles. The van der Waals surface area contributed by atoms with Gasteiger partial charge < -0.3 is 9.88 Å². The molecule has 0 spiro atoms. The number of aromatic nitrogens is 1. The van der Waals surface area contributed by atoms with Crippen molar-refractivity contribution in [1.29, 1.82) is 0 Å². The van der Waals surface area contributed by atoms with Gasteiger partial charge in [0, 0.05) is 35.6 Å². The quantitative estimate of drug-likeness (QED) is 0.552. The summed E-state index contributed by atoms with van der Waals surface area (Å²) in [4.78, 5) is 36.5. The van der Waals surface area contributed by atoms with Crippen LogP contribution < -0.4 is 16.2 Å². The lowest BCUT2D eigenvalue weighted by Crippen LogP contribution is -2.43. The SMILES string of the molecule is Cc1cc(C(=O)NNC(=O)CCNC(=O)c2ccccc2)c(C)n1-c1ccccc1. The number of hydrazine groups is 1. The summed E-state index contributed by atoms with van der Waals surface area (Å²) in [5, 5.41) is 2.67. The lowest BCUT2D eigenvalue weighted by molar-refractivity contribution is -0.121. The smallest absolute Gasteiger partial charge is 0.271 e. The molecule has 3 amide bonds. The number of aryl methyl sites for hydroxylation is 1. The zero-order valence-corrected chi connectivity index (χ0v) is 16.9. The first kappa shape index (κ1) is 20.9. The monoisotopic (exact) mass is 404 g/mol. The molecule has 0 saturated carbocycles. The van der Waals surface area contributed by atoms with E-state index in [-0.39, 0.29) is 18.9 Å². The zero-order valence-electron chi connectivity index (χ0n) is 16.9. The summed E-state index contributed by atoms with van der Waals surface area (Å²) in [5.74, 6) is -1.04. The van der Waals surface area contributed by atoms with Gasteiger partial charge in [0.25, 0.3) is 11.8 Å². The van der Waals surface area contributed by atoms with E-state index >= 15 is 0 Å². The molecule has 1 aromatic heterocycles. The molecule has 0 aliphatic carbocycles. The van der Waals surface area contributed by atoms with Crippen LogP contribution in [0.2, 0.25) is 0 Å². The number of carbonyl (C=O) groups excluding carboxylic acids is 3. The Balaban J connectivity index is 1.51. The number of hydrogen-bond donors (Lipinski definition) is 3. The Morgan fingerprint density at radius 3 is 2.13 bits per heavy atom.